The number of fused-ring (bicyclic) bond motifs is 2. The Labute approximate surface area is 265 Å². The van der Waals surface area contributed by atoms with Crippen LogP contribution in [0.4, 0.5) is 0 Å². The molecule has 6 aromatic rings. The van der Waals surface area contributed by atoms with Gasteiger partial charge >= 0.3 is 0 Å². The summed E-state index contributed by atoms with van der Waals surface area (Å²) in [6.07, 6.45) is 9.93. The van der Waals surface area contributed by atoms with E-state index in [1.165, 1.54) is 77.6 Å². The van der Waals surface area contributed by atoms with Crippen molar-refractivity contribution in [1.82, 2.24) is 0 Å². The molecule has 9 rings (SSSR count). The third kappa shape index (κ3) is 4.06. The molecule has 0 saturated heterocycles. The lowest BCUT2D eigenvalue weighted by Gasteiger charge is -2.49. The fourth-order valence-corrected chi connectivity index (χ4v) is 7.89. The fourth-order valence-electron chi connectivity index (χ4n) is 7.89. The zero-order chi connectivity index (χ0) is 30.0. The highest BCUT2D eigenvalue weighted by Gasteiger charge is 2.48. The molecule has 2 unspecified atom stereocenters. The van der Waals surface area contributed by atoms with Crippen molar-refractivity contribution in [2.75, 3.05) is 0 Å². The van der Waals surface area contributed by atoms with Crippen molar-refractivity contribution in [3.8, 4) is 22.3 Å². The highest BCUT2D eigenvalue weighted by atomic mass is 14.5. The Hall–Kier alpha value is -5.46. The van der Waals surface area contributed by atoms with Crippen LogP contribution in [-0.2, 0) is 0 Å². The zero-order valence-electron chi connectivity index (χ0n) is 25.2. The van der Waals surface area contributed by atoms with Crippen LogP contribution >= 0.6 is 0 Å². The standard InChI is InChI=1S/C45H32/c1-45-39-24-36(32-18-10-4-11-19-32)28-42(45)40-26-34(30-14-6-2-7-15-30)22-38-23-35(31-16-8-3-9-17-31)27-41(44(38)40)43(45)29-37(25-39)33-20-12-5-13-21-33/h2-29,42H,1H3. The van der Waals surface area contributed by atoms with Gasteiger partial charge in [-0.25, -0.2) is 0 Å². The van der Waals surface area contributed by atoms with Crippen molar-refractivity contribution < 1.29 is 0 Å². The average molecular weight is 573 g/mol. The molecule has 0 heterocycles. The molecule has 0 spiro atoms. The molecule has 0 amide bonds. The van der Waals surface area contributed by atoms with E-state index in [4.69, 9.17) is 0 Å². The molecule has 3 aliphatic carbocycles. The minimum absolute atomic E-state index is 0.189. The molecule has 0 heteroatoms. The van der Waals surface area contributed by atoms with Crippen molar-refractivity contribution >= 4 is 27.5 Å². The maximum absolute atomic E-state index is 2.55. The van der Waals surface area contributed by atoms with Crippen LogP contribution in [0.3, 0.4) is 0 Å². The number of allylic oxidation sites excluding steroid dienone is 8. The van der Waals surface area contributed by atoms with E-state index in [1.807, 2.05) is 0 Å². The van der Waals surface area contributed by atoms with E-state index >= 15 is 0 Å². The van der Waals surface area contributed by atoms with E-state index in [2.05, 4.69) is 177 Å². The summed E-state index contributed by atoms with van der Waals surface area (Å²) >= 11 is 0. The van der Waals surface area contributed by atoms with Crippen LogP contribution in [0.5, 0.6) is 0 Å². The molecule has 0 nitrogen and oxygen atoms in total. The molecule has 45 heavy (non-hydrogen) atoms. The van der Waals surface area contributed by atoms with E-state index in [-0.39, 0.29) is 11.3 Å². The molecule has 0 aromatic heterocycles. The van der Waals surface area contributed by atoms with Crippen molar-refractivity contribution in [3.63, 3.8) is 0 Å². The summed E-state index contributed by atoms with van der Waals surface area (Å²) in [6, 6.07) is 53.2. The van der Waals surface area contributed by atoms with Crippen molar-refractivity contribution in [2.45, 2.75) is 12.8 Å². The van der Waals surface area contributed by atoms with Gasteiger partial charge in [0.2, 0.25) is 0 Å². The lowest BCUT2D eigenvalue weighted by molar-refractivity contribution is 0.478. The molecular weight excluding hydrogens is 540 g/mol. The second-order valence-corrected chi connectivity index (χ2v) is 12.7. The van der Waals surface area contributed by atoms with Gasteiger partial charge in [-0.1, -0.05) is 146 Å². The Balaban J connectivity index is 1.40. The highest BCUT2D eigenvalue weighted by Crippen LogP contribution is 2.63. The Morgan fingerprint density at radius 1 is 0.467 bits per heavy atom. The second kappa shape index (κ2) is 10.0. The van der Waals surface area contributed by atoms with Gasteiger partial charge in [0.05, 0.1) is 0 Å². The van der Waals surface area contributed by atoms with Crippen LogP contribution in [0.2, 0.25) is 0 Å². The van der Waals surface area contributed by atoms with Gasteiger partial charge in [-0.2, -0.15) is 0 Å². The normalized spacial score (nSPS) is 19.6. The monoisotopic (exact) mass is 572 g/mol. The number of benzene rings is 6. The fraction of sp³-hybridized carbons (Fsp3) is 0.0667. The summed E-state index contributed by atoms with van der Waals surface area (Å²) in [6.45, 7) is 2.48. The largest absolute Gasteiger partial charge is 0.0679 e. The van der Waals surface area contributed by atoms with Gasteiger partial charge < -0.3 is 0 Å². The molecular formula is C45H32. The van der Waals surface area contributed by atoms with E-state index in [9.17, 15) is 0 Å². The van der Waals surface area contributed by atoms with Crippen LogP contribution in [0.1, 0.15) is 35.1 Å². The molecule has 0 radical (unpaired) electrons. The summed E-state index contributed by atoms with van der Waals surface area (Å²) < 4.78 is 0. The first-order chi connectivity index (χ1) is 22.2. The molecule has 212 valence electrons. The van der Waals surface area contributed by atoms with Gasteiger partial charge in [0.15, 0.2) is 0 Å². The van der Waals surface area contributed by atoms with Crippen LogP contribution in [0.15, 0.2) is 175 Å². The molecule has 3 aliphatic rings. The maximum atomic E-state index is 2.55. The quantitative estimate of drug-likeness (QED) is 0.197. The first-order valence-corrected chi connectivity index (χ1v) is 15.9. The molecule has 6 aromatic carbocycles. The lowest BCUT2D eigenvalue weighted by atomic mass is 9.54. The van der Waals surface area contributed by atoms with Gasteiger partial charge in [0, 0.05) is 11.3 Å². The third-order valence-corrected chi connectivity index (χ3v) is 10.2. The van der Waals surface area contributed by atoms with Crippen molar-refractivity contribution in [1.29, 1.82) is 0 Å². The molecule has 0 N–H and O–H groups in total. The Bertz CT molecular complexity index is 2220. The predicted octanol–water partition coefficient (Wildman–Crippen LogP) is 11.8. The summed E-state index contributed by atoms with van der Waals surface area (Å²) in [4.78, 5) is 0. The highest BCUT2D eigenvalue weighted by molar-refractivity contribution is 6.09. The van der Waals surface area contributed by atoms with Crippen molar-refractivity contribution in [3.05, 3.63) is 198 Å². The van der Waals surface area contributed by atoms with E-state index in [0.29, 0.717) is 0 Å². The minimum Gasteiger partial charge on any atom is -0.0679 e. The topological polar surface area (TPSA) is 0 Å². The van der Waals surface area contributed by atoms with Gasteiger partial charge in [-0.3, -0.25) is 0 Å². The number of hydrogen-bond donors (Lipinski definition) is 0. The summed E-state index contributed by atoms with van der Waals surface area (Å²) in [7, 11) is 0. The molecule has 0 saturated carbocycles. The zero-order valence-corrected chi connectivity index (χ0v) is 25.2. The number of rotatable bonds is 4. The molecule has 2 atom stereocenters. The summed E-state index contributed by atoms with van der Waals surface area (Å²) in [5, 5.41) is 2.68. The molecule has 0 bridgehead atoms. The number of hydrogen-bond acceptors (Lipinski definition) is 0. The Morgan fingerprint density at radius 3 is 1.56 bits per heavy atom. The summed E-state index contributed by atoms with van der Waals surface area (Å²) in [5.74, 6) is 0.189. The third-order valence-electron chi connectivity index (χ3n) is 10.2. The van der Waals surface area contributed by atoms with Crippen LogP contribution in [0, 0.1) is 5.41 Å². The smallest absolute Gasteiger partial charge is 0.0285 e. The van der Waals surface area contributed by atoms with Crippen LogP contribution in [0.25, 0.3) is 49.7 Å². The SMILES string of the molecule is CC12C3=CC(c4ccccc4)=CC1c1cc(-c4ccccc4)cc4cc(-c5ccccc5)cc(c14)C2=CC(c1ccccc1)=C3. The predicted molar refractivity (Wildman–Crippen MR) is 191 cm³/mol. The van der Waals surface area contributed by atoms with Crippen LogP contribution < -0.4 is 0 Å². The van der Waals surface area contributed by atoms with Crippen LogP contribution in [-0.4, -0.2) is 0 Å². The Morgan fingerprint density at radius 2 is 0.978 bits per heavy atom. The molecule has 0 aliphatic heterocycles. The first kappa shape index (κ1) is 26.0. The first-order valence-electron chi connectivity index (χ1n) is 15.9. The van der Waals surface area contributed by atoms with Crippen molar-refractivity contribution in [2.24, 2.45) is 5.41 Å². The average Bonchev–Trinajstić information content (AvgIpc) is 3.11. The van der Waals surface area contributed by atoms with Gasteiger partial charge in [-0.05, 0) is 108 Å². The van der Waals surface area contributed by atoms with Gasteiger partial charge in [-0.15, -0.1) is 0 Å². The summed E-state index contributed by atoms with van der Waals surface area (Å²) in [5.41, 5.74) is 15.4. The minimum atomic E-state index is -0.207. The maximum Gasteiger partial charge on any atom is 0.0285 e. The molecule has 0 fully saturated rings. The van der Waals surface area contributed by atoms with E-state index in [0.717, 1.165) is 0 Å². The van der Waals surface area contributed by atoms with E-state index in [1.54, 1.807) is 0 Å². The Kier molecular flexibility index (Phi) is 5.80. The van der Waals surface area contributed by atoms with Gasteiger partial charge in [0.1, 0.15) is 0 Å². The van der Waals surface area contributed by atoms with Gasteiger partial charge in [0.25, 0.3) is 0 Å². The second-order valence-electron chi connectivity index (χ2n) is 12.7. The lowest BCUT2D eigenvalue weighted by Crippen LogP contribution is -2.35. The van der Waals surface area contributed by atoms with E-state index < -0.39 is 0 Å².